The Hall–Kier alpha value is -7.68. The first-order chi connectivity index (χ1) is 28.8. The quantitative estimate of drug-likeness (QED) is 0.158. The average molecular weight is 739 g/mol. The lowest BCUT2D eigenvalue weighted by molar-refractivity contribution is 1.20. The van der Waals surface area contributed by atoms with E-state index in [0.29, 0.717) is 0 Å². The third-order valence-electron chi connectivity index (χ3n) is 11.6. The number of rotatable bonds is 7. The zero-order valence-corrected chi connectivity index (χ0v) is 31.8. The molecule has 0 fully saturated rings. The second kappa shape index (κ2) is 14.1. The SMILES string of the molecule is c1ccc(-c2ccccc2N(c2ccc(-c3ccc4ccccc4c3)cc2)c2ccccc2-c2cccc3c2c2ccccc2n3-c2cccc3ccccc23)cc1. The first kappa shape index (κ1) is 33.6. The Bertz CT molecular complexity index is 3280. The van der Waals surface area contributed by atoms with Gasteiger partial charge in [-0.15, -0.1) is 0 Å². The number of nitrogens with zero attached hydrogens (tertiary/aromatic N) is 2. The molecule has 0 N–H and O–H groups in total. The lowest BCUT2D eigenvalue weighted by atomic mass is 9.95. The molecule has 0 bridgehead atoms. The number of fused-ring (bicyclic) bond motifs is 5. The van der Waals surface area contributed by atoms with Gasteiger partial charge in [-0.25, -0.2) is 0 Å². The Morgan fingerprint density at radius 2 is 0.879 bits per heavy atom. The van der Waals surface area contributed by atoms with Crippen LogP contribution in [0.3, 0.4) is 0 Å². The van der Waals surface area contributed by atoms with Crippen molar-refractivity contribution >= 4 is 60.4 Å². The van der Waals surface area contributed by atoms with Gasteiger partial charge in [0, 0.05) is 33.0 Å². The van der Waals surface area contributed by atoms with E-state index in [2.05, 4.69) is 240 Å². The normalized spacial score (nSPS) is 11.4. The summed E-state index contributed by atoms with van der Waals surface area (Å²) in [6.45, 7) is 0. The van der Waals surface area contributed by atoms with Crippen molar-refractivity contribution in [3.8, 4) is 39.1 Å². The van der Waals surface area contributed by atoms with Crippen molar-refractivity contribution in [3.05, 3.63) is 231 Å². The monoisotopic (exact) mass is 738 g/mol. The summed E-state index contributed by atoms with van der Waals surface area (Å²) in [5.41, 5.74) is 14.0. The van der Waals surface area contributed by atoms with E-state index in [4.69, 9.17) is 0 Å². The first-order valence-electron chi connectivity index (χ1n) is 19.9. The fourth-order valence-corrected chi connectivity index (χ4v) is 8.91. The molecule has 272 valence electrons. The highest BCUT2D eigenvalue weighted by atomic mass is 15.1. The Morgan fingerprint density at radius 3 is 1.71 bits per heavy atom. The maximum Gasteiger partial charge on any atom is 0.0547 e. The third-order valence-corrected chi connectivity index (χ3v) is 11.6. The van der Waals surface area contributed by atoms with E-state index in [1.807, 2.05) is 0 Å². The molecular weight excluding hydrogens is 701 g/mol. The van der Waals surface area contributed by atoms with Gasteiger partial charge in [0.2, 0.25) is 0 Å². The zero-order chi connectivity index (χ0) is 38.4. The molecular formula is C56H38N2. The van der Waals surface area contributed by atoms with Gasteiger partial charge in [-0.2, -0.15) is 0 Å². The van der Waals surface area contributed by atoms with E-state index in [-0.39, 0.29) is 0 Å². The van der Waals surface area contributed by atoms with E-state index in [1.54, 1.807) is 0 Å². The van der Waals surface area contributed by atoms with Crippen LogP contribution in [0.1, 0.15) is 0 Å². The summed E-state index contributed by atoms with van der Waals surface area (Å²) in [5, 5.41) is 7.42. The van der Waals surface area contributed by atoms with Crippen LogP contribution in [0.4, 0.5) is 17.1 Å². The molecule has 1 aromatic heterocycles. The summed E-state index contributed by atoms with van der Waals surface area (Å²) >= 11 is 0. The molecule has 58 heavy (non-hydrogen) atoms. The van der Waals surface area contributed by atoms with Crippen LogP contribution in [0, 0.1) is 0 Å². The Morgan fingerprint density at radius 1 is 0.310 bits per heavy atom. The summed E-state index contributed by atoms with van der Waals surface area (Å²) in [5.74, 6) is 0. The van der Waals surface area contributed by atoms with Crippen molar-refractivity contribution in [2.24, 2.45) is 0 Å². The van der Waals surface area contributed by atoms with E-state index >= 15 is 0 Å². The van der Waals surface area contributed by atoms with Gasteiger partial charge < -0.3 is 9.47 Å². The minimum atomic E-state index is 1.09. The predicted octanol–water partition coefficient (Wildman–Crippen LogP) is 15.6. The molecule has 0 aliphatic rings. The van der Waals surface area contributed by atoms with Crippen molar-refractivity contribution in [3.63, 3.8) is 0 Å². The standard InChI is InChI=1S/C56H38N2/c1-2-17-41(18-3-1)46-23-8-11-27-51(46)57(45-36-34-40(35-37-45)44-33-32-39-16-4-5-20-43(39)38-44)53-28-12-9-24-48(53)49-26-15-31-55-56(49)50-25-10-13-29-54(50)58(55)52-30-14-21-42-19-6-7-22-47(42)52/h1-38H. The van der Waals surface area contributed by atoms with Gasteiger partial charge >= 0.3 is 0 Å². The molecule has 1 heterocycles. The minimum Gasteiger partial charge on any atom is -0.309 e. The van der Waals surface area contributed by atoms with Crippen LogP contribution in [-0.2, 0) is 0 Å². The van der Waals surface area contributed by atoms with Gasteiger partial charge in [0.05, 0.1) is 28.1 Å². The molecule has 0 unspecified atom stereocenters. The maximum atomic E-state index is 2.45. The van der Waals surface area contributed by atoms with Crippen LogP contribution in [0.2, 0.25) is 0 Å². The molecule has 0 saturated heterocycles. The third kappa shape index (κ3) is 5.66. The van der Waals surface area contributed by atoms with Crippen molar-refractivity contribution in [2.75, 3.05) is 4.90 Å². The van der Waals surface area contributed by atoms with Crippen LogP contribution >= 0.6 is 0 Å². The summed E-state index contributed by atoms with van der Waals surface area (Å²) in [4.78, 5) is 2.45. The van der Waals surface area contributed by atoms with Crippen molar-refractivity contribution in [1.29, 1.82) is 0 Å². The molecule has 11 rings (SSSR count). The van der Waals surface area contributed by atoms with Crippen molar-refractivity contribution in [2.45, 2.75) is 0 Å². The number of hydrogen-bond donors (Lipinski definition) is 0. The summed E-state index contributed by atoms with van der Waals surface area (Å²) in [7, 11) is 0. The molecule has 2 nitrogen and oxygen atoms in total. The fourth-order valence-electron chi connectivity index (χ4n) is 8.91. The second-order valence-corrected chi connectivity index (χ2v) is 14.9. The highest BCUT2D eigenvalue weighted by molar-refractivity contribution is 6.17. The summed E-state index contributed by atoms with van der Waals surface area (Å²) in [6.07, 6.45) is 0. The highest BCUT2D eigenvalue weighted by Crippen LogP contribution is 2.48. The molecule has 0 spiro atoms. The second-order valence-electron chi connectivity index (χ2n) is 14.9. The average Bonchev–Trinajstić information content (AvgIpc) is 3.64. The first-order valence-corrected chi connectivity index (χ1v) is 19.9. The predicted molar refractivity (Wildman–Crippen MR) is 247 cm³/mol. The van der Waals surface area contributed by atoms with Gasteiger partial charge in [0.25, 0.3) is 0 Å². The van der Waals surface area contributed by atoms with Crippen molar-refractivity contribution < 1.29 is 0 Å². The molecule has 11 aromatic rings. The lowest BCUT2D eigenvalue weighted by Gasteiger charge is -2.30. The van der Waals surface area contributed by atoms with E-state index in [9.17, 15) is 0 Å². The Balaban J connectivity index is 1.14. The number of anilines is 3. The molecule has 0 radical (unpaired) electrons. The topological polar surface area (TPSA) is 8.17 Å². The van der Waals surface area contributed by atoms with Crippen LogP contribution in [-0.4, -0.2) is 4.57 Å². The minimum absolute atomic E-state index is 1.09. The lowest BCUT2D eigenvalue weighted by Crippen LogP contribution is -2.12. The van der Waals surface area contributed by atoms with Crippen LogP contribution in [0.15, 0.2) is 231 Å². The molecule has 0 aliphatic carbocycles. The number of benzene rings is 10. The number of para-hydroxylation sites is 3. The molecule has 2 heteroatoms. The smallest absolute Gasteiger partial charge is 0.0547 e. The van der Waals surface area contributed by atoms with Gasteiger partial charge in [-0.1, -0.05) is 182 Å². The molecule has 0 saturated carbocycles. The Labute approximate surface area is 338 Å². The highest BCUT2D eigenvalue weighted by Gasteiger charge is 2.23. The Kier molecular flexibility index (Phi) is 8.19. The molecule has 0 amide bonds. The van der Waals surface area contributed by atoms with Gasteiger partial charge in [0.1, 0.15) is 0 Å². The van der Waals surface area contributed by atoms with Crippen LogP contribution < -0.4 is 4.90 Å². The molecule has 0 aliphatic heterocycles. The van der Waals surface area contributed by atoms with Crippen LogP contribution in [0.25, 0.3) is 82.4 Å². The van der Waals surface area contributed by atoms with E-state index in [0.717, 1.165) is 22.6 Å². The summed E-state index contributed by atoms with van der Waals surface area (Å²) in [6, 6.07) is 83.7. The van der Waals surface area contributed by atoms with E-state index in [1.165, 1.54) is 76.9 Å². The number of aromatic nitrogens is 1. The van der Waals surface area contributed by atoms with E-state index < -0.39 is 0 Å². The molecule has 0 atom stereocenters. The van der Waals surface area contributed by atoms with Gasteiger partial charge in [-0.05, 0) is 86.9 Å². The van der Waals surface area contributed by atoms with Gasteiger partial charge in [-0.3, -0.25) is 0 Å². The van der Waals surface area contributed by atoms with Crippen LogP contribution in [0.5, 0.6) is 0 Å². The zero-order valence-electron chi connectivity index (χ0n) is 31.8. The summed E-state index contributed by atoms with van der Waals surface area (Å²) < 4.78 is 2.45. The van der Waals surface area contributed by atoms with Crippen molar-refractivity contribution in [1.82, 2.24) is 4.57 Å². The number of hydrogen-bond acceptors (Lipinski definition) is 1. The fraction of sp³-hybridized carbons (Fsp3) is 0. The molecule has 10 aromatic carbocycles. The largest absolute Gasteiger partial charge is 0.309 e. The van der Waals surface area contributed by atoms with Gasteiger partial charge in [0.15, 0.2) is 0 Å². The maximum absolute atomic E-state index is 2.45.